The standard InChI is InChI=1S/C36H56N2O4/c1-23(10-13-33(42)37-25-15-18-38(4,19-16-25)26-8-6-5-7-9-26)28-11-12-29-34-30(22-32(41)36(28,29)3)35(2)17-14-27(39)20-24(35)21-31(34)40/h5-9,23-25,27-32,34,39-41H,10-22H2,1-4H3/p+1/t23-,24+,25?,27-,28-,29+,30+,31-,32+,34+,35+,36-,38?/m1/s1. The number of para-hydroxylation sites is 1. The van der Waals surface area contributed by atoms with Crippen LogP contribution in [0.1, 0.15) is 91.4 Å². The summed E-state index contributed by atoms with van der Waals surface area (Å²) in [6, 6.07) is 11.0. The molecule has 234 valence electrons. The van der Waals surface area contributed by atoms with Gasteiger partial charge in [-0.15, -0.1) is 0 Å². The highest BCUT2D eigenvalue weighted by molar-refractivity contribution is 5.76. The summed E-state index contributed by atoms with van der Waals surface area (Å²) in [5.74, 6) is 2.13. The number of amides is 1. The first kappa shape index (κ1) is 30.6. The average molecular weight is 582 g/mol. The van der Waals surface area contributed by atoms with Crippen LogP contribution in [-0.2, 0) is 4.79 Å². The summed E-state index contributed by atoms with van der Waals surface area (Å²) in [5, 5.41) is 37.1. The van der Waals surface area contributed by atoms with E-state index in [0.717, 1.165) is 81.8 Å². The second-order valence-corrected chi connectivity index (χ2v) is 16.1. The number of likely N-dealkylation sites (tertiary alicyclic amines) is 1. The highest BCUT2D eigenvalue weighted by Crippen LogP contribution is 2.68. The normalized spacial score (nSPS) is 47.5. The summed E-state index contributed by atoms with van der Waals surface area (Å²) in [5.41, 5.74) is 1.24. The molecule has 11 atom stereocenters. The van der Waals surface area contributed by atoms with E-state index in [1.165, 1.54) is 5.69 Å². The number of rotatable bonds is 6. The Bertz CT molecular complexity index is 1100. The van der Waals surface area contributed by atoms with Crippen molar-refractivity contribution in [3.8, 4) is 0 Å². The number of benzene rings is 1. The van der Waals surface area contributed by atoms with Gasteiger partial charge in [0.05, 0.1) is 38.4 Å². The summed E-state index contributed by atoms with van der Waals surface area (Å²) in [6.07, 6.45) is 8.80. The molecule has 0 spiro atoms. The number of nitrogens with one attached hydrogen (secondary N) is 1. The lowest BCUT2D eigenvalue weighted by molar-refractivity contribution is -0.207. The van der Waals surface area contributed by atoms with E-state index in [0.29, 0.717) is 36.0 Å². The first-order valence-corrected chi connectivity index (χ1v) is 17.2. The first-order valence-electron chi connectivity index (χ1n) is 17.2. The Balaban J connectivity index is 1.05. The monoisotopic (exact) mass is 581 g/mol. The molecule has 1 aromatic carbocycles. The molecule has 6 nitrogen and oxygen atoms in total. The highest BCUT2D eigenvalue weighted by atomic mass is 16.3. The van der Waals surface area contributed by atoms with Gasteiger partial charge in [0.25, 0.3) is 0 Å². The van der Waals surface area contributed by atoms with Gasteiger partial charge in [-0.3, -0.25) is 9.28 Å². The number of quaternary nitrogens is 1. The fraction of sp³-hybridized carbons (Fsp3) is 0.806. The molecule has 0 aromatic heterocycles. The fourth-order valence-corrected chi connectivity index (χ4v) is 11.3. The van der Waals surface area contributed by atoms with Gasteiger partial charge >= 0.3 is 0 Å². The Labute approximate surface area is 253 Å². The van der Waals surface area contributed by atoms with Gasteiger partial charge in [-0.25, -0.2) is 0 Å². The molecule has 1 heterocycles. The van der Waals surface area contributed by atoms with Gasteiger partial charge in [0.1, 0.15) is 5.69 Å². The second kappa shape index (κ2) is 11.5. The molecule has 0 radical (unpaired) electrons. The zero-order chi connectivity index (χ0) is 29.9. The Morgan fingerprint density at radius 3 is 2.40 bits per heavy atom. The Kier molecular flexibility index (Phi) is 8.34. The zero-order valence-electron chi connectivity index (χ0n) is 26.5. The van der Waals surface area contributed by atoms with Crippen LogP contribution in [0, 0.1) is 46.3 Å². The molecular formula is C36H57N2O4+. The van der Waals surface area contributed by atoms with Gasteiger partial charge in [0, 0.05) is 25.3 Å². The lowest BCUT2D eigenvalue weighted by Crippen LogP contribution is -2.62. The molecule has 1 amide bonds. The van der Waals surface area contributed by atoms with Crippen LogP contribution >= 0.6 is 0 Å². The van der Waals surface area contributed by atoms with E-state index in [2.05, 4.69) is 63.5 Å². The zero-order valence-corrected chi connectivity index (χ0v) is 26.5. The molecule has 5 aliphatic rings. The number of hydrogen-bond donors (Lipinski definition) is 4. The van der Waals surface area contributed by atoms with Crippen LogP contribution in [0.3, 0.4) is 0 Å². The highest BCUT2D eigenvalue weighted by Gasteiger charge is 2.65. The lowest BCUT2D eigenvalue weighted by Gasteiger charge is -2.63. The quantitative estimate of drug-likeness (QED) is 0.344. The number of carbonyl (C=O) groups excluding carboxylic acids is 1. The molecule has 0 unspecified atom stereocenters. The van der Waals surface area contributed by atoms with Crippen molar-refractivity contribution in [2.75, 3.05) is 20.1 Å². The lowest BCUT2D eigenvalue weighted by atomic mass is 9.43. The SMILES string of the molecule is C[C@H](CCC(=O)NC1CC[N+](C)(c2ccccc2)CC1)[C@H]1CC[C@H]2[C@@H]3[C@H](O)C[C@@H]4C[C@H](O)CC[C@]4(C)[C@H]3C[C@H](O)[C@]12C. The van der Waals surface area contributed by atoms with Crippen molar-refractivity contribution in [3.63, 3.8) is 0 Å². The number of aliphatic hydroxyl groups is 3. The molecule has 0 bridgehead atoms. The van der Waals surface area contributed by atoms with Crippen LogP contribution in [0.2, 0.25) is 0 Å². The maximum absolute atomic E-state index is 13.1. The predicted octanol–water partition coefficient (Wildman–Crippen LogP) is 5.28. The minimum absolute atomic E-state index is 0.101. The average Bonchev–Trinajstić information content (AvgIpc) is 3.33. The maximum Gasteiger partial charge on any atom is 0.220 e. The molecule has 6 heteroatoms. The maximum atomic E-state index is 13.1. The third-order valence-corrected chi connectivity index (χ3v) is 14.0. The van der Waals surface area contributed by atoms with E-state index in [9.17, 15) is 20.1 Å². The number of carbonyl (C=O) groups is 1. The van der Waals surface area contributed by atoms with E-state index >= 15 is 0 Å². The van der Waals surface area contributed by atoms with Gasteiger partial charge in [0.15, 0.2) is 0 Å². The van der Waals surface area contributed by atoms with Gasteiger partial charge in [0.2, 0.25) is 5.91 Å². The summed E-state index contributed by atoms with van der Waals surface area (Å²) in [6.45, 7) is 9.08. The summed E-state index contributed by atoms with van der Waals surface area (Å²) >= 11 is 0. The van der Waals surface area contributed by atoms with Crippen molar-refractivity contribution in [2.45, 2.75) is 116 Å². The van der Waals surface area contributed by atoms with Crippen LogP contribution in [0.25, 0.3) is 0 Å². The molecule has 1 aromatic rings. The van der Waals surface area contributed by atoms with Crippen LogP contribution in [0.5, 0.6) is 0 Å². The van der Waals surface area contributed by atoms with E-state index in [4.69, 9.17) is 0 Å². The van der Waals surface area contributed by atoms with Crippen molar-refractivity contribution in [2.24, 2.45) is 46.3 Å². The Morgan fingerprint density at radius 1 is 0.976 bits per heavy atom. The van der Waals surface area contributed by atoms with Crippen molar-refractivity contribution >= 4 is 11.6 Å². The number of piperidine rings is 1. The van der Waals surface area contributed by atoms with Crippen LogP contribution < -0.4 is 9.80 Å². The number of hydrogen-bond acceptors (Lipinski definition) is 4. The van der Waals surface area contributed by atoms with Gasteiger partial charge in [-0.05, 0) is 110 Å². The third-order valence-electron chi connectivity index (χ3n) is 14.0. The van der Waals surface area contributed by atoms with Crippen molar-refractivity contribution in [1.29, 1.82) is 0 Å². The molecule has 6 rings (SSSR count). The summed E-state index contributed by atoms with van der Waals surface area (Å²) in [7, 11) is 2.30. The molecule has 4 N–H and O–H groups in total. The predicted molar refractivity (Wildman–Crippen MR) is 167 cm³/mol. The van der Waals surface area contributed by atoms with Gasteiger partial charge in [-0.2, -0.15) is 0 Å². The number of aliphatic hydroxyl groups excluding tert-OH is 3. The van der Waals surface area contributed by atoms with E-state index in [1.807, 2.05) is 0 Å². The van der Waals surface area contributed by atoms with E-state index in [-0.39, 0.29) is 47.0 Å². The fourth-order valence-electron chi connectivity index (χ4n) is 11.3. The molecule has 42 heavy (non-hydrogen) atoms. The molecule has 4 aliphatic carbocycles. The topological polar surface area (TPSA) is 89.8 Å². The number of nitrogens with zero attached hydrogens (tertiary/aromatic N) is 1. The Hall–Kier alpha value is -1.47. The smallest absolute Gasteiger partial charge is 0.220 e. The summed E-state index contributed by atoms with van der Waals surface area (Å²) in [4.78, 5) is 13.1. The third kappa shape index (κ3) is 5.16. The van der Waals surface area contributed by atoms with Gasteiger partial charge in [-0.1, -0.05) is 39.0 Å². The van der Waals surface area contributed by atoms with Crippen LogP contribution in [0.15, 0.2) is 30.3 Å². The molecular weight excluding hydrogens is 524 g/mol. The molecule has 1 saturated heterocycles. The minimum atomic E-state index is -0.374. The Morgan fingerprint density at radius 2 is 1.69 bits per heavy atom. The first-order chi connectivity index (χ1) is 20.0. The van der Waals surface area contributed by atoms with Crippen LogP contribution in [-0.4, -0.2) is 65.7 Å². The van der Waals surface area contributed by atoms with E-state index < -0.39 is 0 Å². The second-order valence-electron chi connectivity index (χ2n) is 16.1. The summed E-state index contributed by atoms with van der Waals surface area (Å²) < 4.78 is 0.937. The van der Waals surface area contributed by atoms with Gasteiger partial charge < -0.3 is 20.6 Å². The van der Waals surface area contributed by atoms with Crippen molar-refractivity contribution < 1.29 is 20.1 Å². The minimum Gasteiger partial charge on any atom is -0.393 e. The molecule has 5 fully saturated rings. The van der Waals surface area contributed by atoms with Crippen molar-refractivity contribution in [1.82, 2.24) is 9.80 Å². The van der Waals surface area contributed by atoms with Crippen molar-refractivity contribution in [3.05, 3.63) is 30.3 Å². The van der Waals surface area contributed by atoms with Crippen LogP contribution in [0.4, 0.5) is 5.69 Å². The number of fused-ring (bicyclic) bond motifs is 5. The largest absolute Gasteiger partial charge is 0.393 e. The molecule has 4 saturated carbocycles. The molecule has 1 aliphatic heterocycles. The van der Waals surface area contributed by atoms with E-state index in [1.54, 1.807) is 0 Å².